The van der Waals surface area contributed by atoms with Gasteiger partial charge in [-0.25, -0.2) is 0 Å². The van der Waals surface area contributed by atoms with E-state index in [2.05, 4.69) is 17.7 Å². The molecule has 1 aromatic heterocycles. The van der Waals surface area contributed by atoms with Crippen LogP contribution >= 0.6 is 0 Å². The molecule has 2 aromatic rings. The van der Waals surface area contributed by atoms with E-state index < -0.39 is 0 Å². The van der Waals surface area contributed by atoms with Gasteiger partial charge in [0.25, 0.3) is 5.56 Å². The third-order valence-corrected chi connectivity index (χ3v) is 4.76. The molecule has 1 aliphatic heterocycles. The minimum absolute atomic E-state index is 0.0670. The molecule has 0 spiro atoms. The number of hydrogen-bond donors (Lipinski definition) is 0. The molecule has 0 N–H and O–H groups in total. The lowest BCUT2D eigenvalue weighted by Gasteiger charge is -2.32. The molecule has 0 bridgehead atoms. The minimum atomic E-state index is 0.0670. The molecule has 0 amide bonds. The lowest BCUT2D eigenvalue weighted by Crippen LogP contribution is -2.46. The van der Waals surface area contributed by atoms with E-state index in [0.717, 1.165) is 54.9 Å². The van der Waals surface area contributed by atoms with Gasteiger partial charge in [-0.3, -0.25) is 9.69 Å². The van der Waals surface area contributed by atoms with Crippen molar-refractivity contribution in [3.63, 3.8) is 0 Å². The summed E-state index contributed by atoms with van der Waals surface area (Å²) in [6, 6.07) is 7.69. The van der Waals surface area contributed by atoms with Gasteiger partial charge < -0.3 is 14.1 Å². The molecule has 5 nitrogen and oxygen atoms in total. The SMILES string of the molecule is BN1CCN(CCn2c(=O)cc(C)c3ccc(OC)cc32)CC1. The molecule has 1 saturated heterocycles. The molecular weight excluding hydrogens is 289 g/mol. The first-order valence-corrected chi connectivity index (χ1v) is 8.17. The minimum Gasteiger partial charge on any atom is -0.497 e. The maximum atomic E-state index is 12.5. The van der Waals surface area contributed by atoms with E-state index >= 15 is 0 Å². The predicted octanol–water partition coefficient (Wildman–Crippen LogP) is 0.484. The van der Waals surface area contributed by atoms with Crippen molar-refractivity contribution in [2.75, 3.05) is 39.8 Å². The molecule has 1 aliphatic rings. The van der Waals surface area contributed by atoms with E-state index in [1.54, 1.807) is 13.2 Å². The highest BCUT2D eigenvalue weighted by atomic mass is 16.5. The number of rotatable bonds is 4. The van der Waals surface area contributed by atoms with Crippen LogP contribution in [0.4, 0.5) is 0 Å². The summed E-state index contributed by atoms with van der Waals surface area (Å²) in [5.74, 6) is 0.788. The summed E-state index contributed by atoms with van der Waals surface area (Å²) in [6.45, 7) is 7.93. The fourth-order valence-corrected chi connectivity index (χ4v) is 3.20. The van der Waals surface area contributed by atoms with Crippen molar-refractivity contribution in [1.82, 2.24) is 14.3 Å². The van der Waals surface area contributed by atoms with Crippen molar-refractivity contribution >= 4 is 18.9 Å². The van der Waals surface area contributed by atoms with Crippen LogP contribution in [0.5, 0.6) is 5.75 Å². The molecule has 23 heavy (non-hydrogen) atoms. The Balaban J connectivity index is 1.88. The monoisotopic (exact) mass is 313 g/mol. The number of aryl methyl sites for hydroxylation is 1. The zero-order chi connectivity index (χ0) is 16.4. The van der Waals surface area contributed by atoms with E-state index in [4.69, 9.17) is 4.74 Å². The van der Waals surface area contributed by atoms with Crippen LogP contribution in [0.2, 0.25) is 0 Å². The average Bonchev–Trinajstić information content (AvgIpc) is 2.55. The van der Waals surface area contributed by atoms with Crippen molar-refractivity contribution in [2.24, 2.45) is 0 Å². The summed E-state index contributed by atoms with van der Waals surface area (Å²) >= 11 is 0. The van der Waals surface area contributed by atoms with E-state index in [-0.39, 0.29) is 5.56 Å². The first kappa shape index (κ1) is 16.1. The molecule has 122 valence electrons. The van der Waals surface area contributed by atoms with Gasteiger partial charge in [0, 0.05) is 43.7 Å². The van der Waals surface area contributed by atoms with Gasteiger partial charge >= 0.3 is 0 Å². The lowest BCUT2D eigenvalue weighted by atomic mass is 10.1. The number of benzene rings is 1. The largest absolute Gasteiger partial charge is 0.497 e. The highest BCUT2D eigenvalue weighted by molar-refractivity contribution is 6.04. The Morgan fingerprint density at radius 2 is 1.87 bits per heavy atom. The summed E-state index contributed by atoms with van der Waals surface area (Å²) in [5, 5.41) is 1.11. The van der Waals surface area contributed by atoms with Crippen LogP contribution < -0.4 is 10.3 Å². The van der Waals surface area contributed by atoms with Crippen molar-refractivity contribution in [1.29, 1.82) is 0 Å². The molecular formula is C17H24BN3O2. The molecule has 0 saturated carbocycles. The quantitative estimate of drug-likeness (QED) is 0.770. The van der Waals surface area contributed by atoms with Crippen LogP contribution in [0.3, 0.4) is 0 Å². The lowest BCUT2D eigenvalue weighted by molar-refractivity contribution is 0.186. The number of hydrogen-bond acceptors (Lipinski definition) is 4. The Kier molecular flexibility index (Phi) is 4.73. The van der Waals surface area contributed by atoms with E-state index in [0.29, 0.717) is 6.54 Å². The number of nitrogens with zero attached hydrogens (tertiary/aromatic N) is 3. The van der Waals surface area contributed by atoms with Gasteiger partial charge in [0.2, 0.25) is 0 Å². The van der Waals surface area contributed by atoms with Gasteiger partial charge in [-0.15, -0.1) is 0 Å². The van der Waals surface area contributed by atoms with Crippen molar-refractivity contribution < 1.29 is 4.74 Å². The number of pyridine rings is 1. The Morgan fingerprint density at radius 1 is 1.13 bits per heavy atom. The second-order valence-corrected chi connectivity index (χ2v) is 6.35. The third-order valence-electron chi connectivity index (χ3n) is 4.76. The van der Waals surface area contributed by atoms with Crippen LogP contribution in [0.25, 0.3) is 10.9 Å². The van der Waals surface area contributed by atoms with Gasteiger partial charge in [-0.05, 0) is 37.7 Å². The number of fused-ring (bicyclic) bond motifs is 1. The maximum absolute atomic E-state index is 12.5. The molecule has 6 heteroatoms. The van der Waals surface area contributed by atoms with Crippen molar-refractivity contribution in [3.05, 3.63) is 40.2 Å². The first-order valence-electron chi connectivity index (χ1n) is 8.17. The predicted molar refractivity (Wildman–Crippen MR) is 96.1 cm³/mol. The van der Waals surface area contributed by atoms with Crippen LogP contribution in [-0.2, 0) is 6.54 Å². The smallest absolute Gasteiger partial charge is 0.251 e. The van der Waals surface area contributed by atoms with Crippen molar-refractivity contribution in [2.45, 2.75) is 13.5 Å². The standard InChI is InChI=1S/C17H24BN3O2/c1-13-11-17(22)21(10-7-19-5-8-20(18)9-6-19)16-12-14(23-2)3-4-15(13)16/h3-4,11-12H,5-10,18H2,1-2H3. The topological polar surface area (TPSA) is 37.7 Å². The average molecular weight is 313 g/mol. The number of aromatic nitrogens is 1. The Labute approximate surface area is 137 Å². The third kappa shape index (κ3) is 3.43. The summed E-state index contributed by atoms with van der Waals surface area (Å²) < 4.78 is 7.21. The number of piperazine rings is 1. The fourth-order valence-electron chi connectivity index (χ4n) is 3.20. The zero-order valence-electron chi connectivity index (χ0n) is 14.2. The van der Waals surface area contributed by atoms with Gasteiger partial charge in [-0.2, -0.15) is 0 Å². The van der Waals surface area contributed by atoms with E-state index in [9.17, 15) is 4.79 Å². The van der Waals surface area contributed by atoms with Crippen LogP contribution in [-0.4, -0.2) is 62.1 Å². The summed E-state index contributed by atoms with van der Waals surface area (Å²) in [5.41, 5.74) is 2.05. The molecule has 1 aromatic carbocycles. The molecule has 0 aliphatic carbocycles. The van der Waals surface area contributed by atoms with Crippen LogP contribution in [0.15, 0.2) is 29.1 Å². The number of methoxy groups -OCH3 is 1. The second kappa shape index (κ2) is 6.77. The Bertz CT molecular complexity index is 751. The van der Waals surface area contributed by atoms with Gasteiger partial charge in [0.15, 0.2) is 7.98 Å². The fraction of sp³-hybridized carbons (Fsp3) is 0.471. The normalized spacial score (nSPS) is 16.8. The molecule has 0 atom stereocenters. The van der Waals surface area contributed by atoms with Crippen molar-refractivity contribution in [3.8, 4) is 5.75 Å². The van der Waals surface area contributed by atoms with E-state index in [1.807, 2.05) is 29.7 Å². The summed E-state index contributed by atoms with van der Waals surface area (Å²) in [4.78, 5) is 17.2. The van der Waals surface area contributed by atoms with Gasteiger partial charge in [-0.1, -0.05) is 0 Å². The zero-order valence-corrected chi connectivity index (χ0v) is 14.2. The molecule has 1 fully saturated rings. The van der Waals surface area contributed by atoms with Gasteiger partial charge in [0.05, 0.1) is 12.6 Å². The first-order chi connectivity index (χ1) is 11.1. The second-order valence-electron chi connectivity index (χ2n) is 6.35. The molecule has 2 heterocycles. The van der Waals surface area contributed by atoms with Crippen LogP contribution in [0.1, 0.15) is 5.56 Å². The number of ether oxygens (including phenoxy) is 1. The summed E-state index contributed by atoms with van der Waals surface area (Å²) in [6.07, 6.45) is 0. The molecule has 0 radical (unpaired) electrons. The van der Waals surface area contributed by atoms with Crippen LogP contribution in [0, 0.1) is 6.92 Å². The molecule has 3 rings (SSSR count). The van der Waals surface area contributed by atoms with Gasteiger partial charge in [0.1, 0.15) is 5.75 Å². The summed E-state index contributed by atoms with van der Waals surface area (Å²) in [7, 11) is 3.81. The highest BCUT2D eigenvalue weighted by Crippen LogP contribution is 2.22. The van der Waals surface area contributed by atoms with E-state index in [1.165, 1.54) is 0 Å². The Morgan fingerprint density at radius 3 is 2.57 bits per heavy atom. The highest BCUT2D eigenvalue weighted by Gasteiger charge is 2.14. The maximum Gasteiger partial charge on any atom is 0.251 e. The molecule has 0 unspecified atom stereocenters. The Hall–Kier alpha value is -1.79.